The highest BCUT2D eigenvalue weighted by atomic mass is 15.2. The predicted octanol–water partition coefficient (Wildman–Crippen LogP) is 0.702. The molecule has 0 aromatic carbocycles. The van der Waals surface area contributed by atoms with E-state index < -0.39 is 0 Å². The van der Waals surface area contributed by atoms with Crippen molar-refractivity contribution >= 4 is 0 Å². The van der Waals surface area contributed by atoms with Gasteiger partial charge in [0.05, 0.1) is 12.6 Å². The van der Waals surface area contributed by atoms with Crippen molar-refractivity contribution in [1.82, 2.24) is 9.80 Å². The number of nitriles is 1. The first-order valence-electron chi connectivity index (χ1n) is 4.68. The third-order valence-electron chi connectivity index (χ3n) is 2.58. The van der Waals surface area contributed by atoms with Crippen LogP contribution < -0.4 is 0 Å². The van der Waals surface area contributed by atoms with Gasteiger partial charge in [-0.15, -0.1) is 6.58 Å². The van der Waals surface area contributed by atoms with Crippen molar-refractivity contribution in [2.75, 3.05) is 33.2 Å². The molecule has 0 saturated carbocycles. The second-order valence-electron chi connectivity index (χ2n) is 3.56. The van der Waals surface area contributed by atoms with Crippen molar-refractivity contribution in [1.29, 1.82) is 5.26 Å². The molecule has 0 aromatic heterocycles. The summed E-state index contributed by atoms with van der Waals surface area (Å²) >= 11 is 0. The molecule has 1 aliphatic rings. The Morgan fingerprint density at radius 2 is 2.54 bits per heavy atom. The van der Waals surface area contributed by atoms with Crippen LogP contribution in [0.15, 0.2) is 12.7 Å². The SMILES string of the molecule is C=CCN1CCC(N(C)CC#N)C1. The van der Waals surface area contributed by atoms with Gasteiger partial charge in [-0.2, -0.15) is 5.26 Å². The number of likely N-dealkylation sites (tertiary alicyclic amines) is 1. The molecule has 72 valence electrons. The van der Waals surface area contributed by atoms with Crippen LogP contribution in [0.3, 0.4) is 0 Å². The smallest absolute Gasteiger partial charge is 0.0866 e. The zero-order valence-corrected chi connectivity index (χ0v) is 8.24. The van der Waals surface area contributed by atoms with Gasteiger partial charge in [0, 0.05) is 25.7 Å². The average molecular weight is 179 g/mol. The summed E-state index contributed by atoms with van der Waals surface area (Å²) in [6, 6.07) is 2.73. The molecule has 0 amide bonds. The third-order valence-corrected chi connectivity index (χ3v) is 2.58. The Hall–Kier alpha value is -0.850. The minimum Gasteiger partial charge on any atom is -0.298 e. The molecule has 0 N–H and O–H groups in total. The van der Waals surface area contributed by atoms with Gasteiger partial charge in [-0.1, -0.05) is 6.08 Å². The van der Waals surface area contributed by atoms with Crippen molar-refractivity contribution in [3.63, 3.8) is 0 Å². The summed E-state index contributed by atoms with van der Waals surface area (Å²) in [5.74, 6) is 0. The van der Waals surface area contributed by atoms with Crippen molar-refractivity contribution in [2.45, 2.75) is 12.5 Å². The number of nitrogens with zero attached hydrogens (tertiary/aromatic N) is 3. The second kappa shape index (κ2) is 5.00. The maximum atomic E-state index is 8.54. The normalized spacial score (nSPS) is 23.3. The minimum absolute atomic E-state index is 0.534. The second-order valence-corrected chi connectivity index (χ2v) is 3.56. The van der Waals surface area contributed by atoms with Crippen LogP contribution in [0.4, 0.5) is 0 Å². The molecule has 0 radical (unpaired) electrons. The Bertz CT molecular complexity index is 207. The largest absolute Gasteiger partial charge is 0.298 e. The van der Waals surface area contributed by atoms with E-state index >= 15 is 0 Å². The molecule has 1 rings (SSSR count). The van der Waals surface area contributed by atoms with E-state index in [4.69, 9.17) is 5.26 Å². The van der Waals surface area contributed by atoms with E-state index in [2.05, 4.69) is 22.4 Å². The fourth-order valence-corrected chi connectivity index (χ4v) is 1.76. The van der Waals surface area contributed by atoms with E-state index in [1.165, 1.54) is 6.42 Å². The number of rotatable bonds is 4. The van der Waals surface area contributed by atoms with E-state index in [9.17, 15) is 0 Å². The summed E-state index contributed by atoms with van der Waals surface area (Å²) in [4.78, 5) is 4.49. The maximum absolute atomic E-state index is 8.54. The van der Waals surface area contributed by atoms with Crippen molar-refractivity contribution < 1.29 is 0 Å². The van der Waals surface area contributed by atoms with Gasteiger partial charge in [-0.25, -0.2) is 0 Å². The van der Waals surface area contributed by atoms with E-state index in [-0.39, 0.29) is 0 Å². The maximum Gasteiger partial charge on any atom is 0.0866 e. The third kappa shape index (κ3) is 2.83. The minimum atomic E-state index is 0.534. The molecule has 1 atom stereocenters. The summed E-state index contributed by atoms with van der Waals surface area (Å²) in [5.41, 5.74) is 0. The van der Waals surface area contributed by atoms with Crippen LogP contribution >= 0.6 is 0 Å². The molecule has 0 spiro atoms. The summed E-state index contributed by atoms with van der Waals surface area (Å²) in [6.07, 6.45) is 3.11. The van der Waals surface area contributed by atoms with Gasteiger partial charge in [-0.05, 0) is 13.5 Å². The fourth-order valence-electron chi connectivity index (χ4n) is 1.76. The van der Waals surface area contributed by atoms with Crippen molar-refractivity contribution in [2.24, 2.45) is 0 Å². The van der Waals surface area contributed by atoms with Gasteiger partial charge in [-0.3, -0.25) is 9.80 Å². The van der Waals surface area contributed by atoms with Gasteiger partial charge in [0.1, 0.15) is 0 Å². The lowest BCUT2D eigenvalue weighted by Crippen LogP contribution is -2.34. The van der Waals surface area contributed by atoms with E-state index in [0.29, 0.717) is 12.6 Å². The summed E-state index contributed by atoms with van der Waals surface area (Å²) in [5, 5.41) is 8.54. The Morgan fingerprint density at radius 1 is 1.77 bits per heavy atom. The Labute approximate surface area is 80.2 Å². The predicted molar refractivity (Wildman–Crippen MR) is 53.3 cm³/mol. The van der Waals surface area contributed by atoms with Crippen LogP contribution in [0.25, 0.3) is 0 Å². The molecule has 3 heteroatoms. The van der Waals surface area contributed by atoms with Crippen molar-refractivity contribution in [3.05, 3.63) is 12.7 Å². The molecule has 0 aliphatic carbocycles. The van der Waals surface area contributed by atoms with Crippen LogP contribution in [-0.2, 0) is 0 Å². The highest BCUT2D eigenvalue weighted by Crippen LogP contribution is 2.13. The van der Waals surface area contributed by atoms with Gasteiger partial charge in [0.2, 0.25) is 0 Å². The van der Waals surface area contributed by atoms with Crippen LogP contribution in [0.1, 0.15) is 6.42 Å². The van der Waals surface area contributed by atoms with E-state index in [1.807, 2.05) is 13.1 Å². The van der Waals surface area contributed by atoms with Crippen molar-refractivity contribution in [3.8, 4) is 6.07 Å². The van der Waals surface area contributed by atoms with Crippen LogP contribution in [0.2, 0.25) is 0 Å². The number of hydrogen-bond donors (Lipinski definition) is 0. The van der Waals surface area contributed by atoms with E-state index in [0.717, 1.165) is 19.6 Å². The molecular weight excluding hydrogens is 162 g/mol. The number of hydrogen-bond acceptors (Lipinski definition) is 3. The Kier molecular flexibility index (Phi) is 3.94. The monoisotopic (exact) mass is 179 g/mol. The summed E-state index contributed by atoms with van der Waals surface area (Å²) in [6.45, 7) is 7.43. The van der Waals surface area contributed by atoms with Gasteiger partial charge in [0.25, 0.3) is 0 Å². The quantitative estimate of drug-likeness (QED) is 0.470. The van der Waals surface area contributed by atoms with E-state index in [1.54, 1.807) is 0 Å². The standard InChI is InChI=1S/C10H17N3/c1-3-6-13-7-4-10(9-13)12(2)8-5-11/h3,10H,1,4,6-9H2,2H3. The first-order valence-corrected chi connectivity index (χ1v) is 4.68. The lowest BCUT2D eigenvalue weighted by Gasteiger charge is -2.21. The summed E-state index contributed by atoms with van der Waals surface area (Å²) in [7, 11) is 2.02. The lowest BCUT2D eigenvalue weighted by atomic mass is 10.2. The zero-order valence-electron chi connectivity index (χ0n) is 8.24. The summed E-state index contributed by atoms with van der Waals surface area (Å²) < 4.78 is 0. The van der Waals surface area contributed by atoms with Crippen LogP contribution in [0.5, 0.6) is 0 Å². The molecule has 1 heterocycles. The highest BCUT2D eigenvalue weighted by Gasteiger charge is 2.24. The average Bonchev–Trinajstić information content (AvgIpc) is 2.54. The first kappa shape index (κ1) is 10.2. The van der Waals surface area contributed by atoms with Crippen LogP contribution in [-0.4, -0.2) is 49.1 Å². The first-order chi connectivity index (χ1) is 6.27. The molecule has 0 bridgehead atoms. The van der Waals surface area contributed by atoms with Gasteiger partial charge in [0.15, 0.2) is 0 Å². The molecule has 3 nitrogen and oxygen atoms in total. The molecule has 1 aliphatic heterocycles. The molecule has 0 aromatic rings. The fraction of sp³-hybridized carbons (Fsp3) is 0.700. The highest BCUT2D eigenvalue weighted by molar-refractivity contribution is 4.88. The molecule has 1 fully saturated rings. The Balaban J connectivity index is 2.32. The van der Waals surface area contributed by atoms with Gasteiger partial charge >= 0.3 is 0 Å². The van der Waals surface area contributed by atoms with Crippen LogP contribution in [0, 0.1) is 11.3 Å². The zero-order chi connectivity index (χ0) is 9.68. The van der Waals surface area contributed by atoms with Gasteiger partial charge < -0.3 is 0 Å². The number of likely N-dealkylation sites (N-methyl/N-ethyl adjacent to an activating group) is 1. The molecule has 1 unspecified atom stereocenters. The Morgan fingerprint density at radius 3 is 3.15 bits per heavy atom. The topological polar surface area (TPSA) is 30.3 Å². The molecular formula is C10H17N3. The lowest BCUT2D eigenvalue weighted by molar-refractivity contribution is 0.260. The molecule has 1 saturated heterocycles. The molecule has 13 heavy (non-hydrogen) atoms.